The van der Waals surface area contributed by atoms with Crippen LogP contribution in [-0.2, 0) is 25.3 Å². The van der Waals surface area contributed by atoms with Crippen LogP contribution in [0, 0.1) is 5.41 Å². The maximum atomic E-state index is 12.7. The summed E-state index contributed by atoms with van der Waals surface area (Å²) in [5.74, 6) is -2.68. The molecule has 0 amide bonds. The van der Waals surface area contributed by atoms with Crippen LogP contribution in [0.15, 0.2) is 30.3 Å². The Balaban J connectivity index is 0.000000406. The molecule has 0 aliphatic carbocycles. The number of hydrogen-bond acceptors (Lipinski definition) is 6. The van der Waals surface area contributed by atoms with E-state index in [-0.39, 0.29) is 23.4 Å². The number of benzene rings is 1. The second kappa shape index (κ2) is 10.9. The fourth-order valence-electron chi connectivity index (χ4n) is 4.74. The van der Waals surface area contributed by atoms with E-state index in [2.05, 4.69) is 4.90 Å². The molecule has 3 aliphatic rings. The Bertz CT molecular complexity index is 920. The minimum absolute atomic E-state index is 0.0806. The number of alkyl halides is 3. The zero-order valence-electron chi connectivity index (χ0n) is 18.8. The molecule has 8 nitrogen and oxygen atoms in total. The number of aliphatic carboxylic acids is 1. The first-order chi connectivity index (χ1) is 15.9. The van der Waals surface area contributed by atoms with Crippen molar-refractivity contribution in [2.75, 3.05) is 39.3 Å². The number of carboxylic acids is 1. The van der Waals surface area contributed by atoms with Crippen LogP contribution < -0.4 is 0 Å². The molecule has 2 atom stereocenters. The molecule has 1 aromatic carbocycles. The molecule has 1 spiro atoms. The van der Waals surface area contributed by atoms with Crippen molar-refractivity contribution in [2.24, 2.45) is 5.41 Å². The number of ether oxygens (including phenoxy) is 1. The highest BCUT2D eigenvalue weighted by molar-refractivity contribution is 7.88. The summed E-state index contributed by atoms with van der Waals surface area (Å²) in [5, 5.41) is 16.8. The lowest BCUT2D eigenvalue weighted by Gasteiger charge is -2.37. The van der Waals surface area contributed by atoms with Gasteiger partial charge in [-0.05, 0) is 36.7 Å². The summed E-state index contributed by atoms with van der Waals surface area (Å²) in [6, 6.07) is 9.40. The largest absolute Gasteiger partial charge is 0.490 e. The van der Waals surface area contributed by atoms with E-state index in [1.165, 1.54) is 0 Å². The van der Waals surface area contributed by atoms with Gasteiger partial charge in [-0.2, -0.15) is 13.2 Å². The summed E-state index contributed by atoms with van der Waals surface area (Å²) in [6.07, 6.45) is -1.46. The molecule has 1 aromatic rings. The van der Waals surface area contributed by atoms with Crippen LogP contribution in [0.25, 0.3) is 0 Å². The summed E-state index contributed by atoms with van der Waals surface area (Å²) in [5.41, 5.74) is 0.969. The third-order valence-corrected chi connectivity index (χ3v) is 8.46. The molecule has 2 N–H and O–H groups in total. The number of aliphatic hydroxyl groups excluding tert-OH is 1. The van der Waals surface area contributed by atoms with E-state index < -0.39 is 22.2 Å². The predicted molar refractivity (Wildman–Crippen MR) is 117 cm³/mol. The number of aliphatic hydroxyl groups is 1. The van der Waals surface area contributed by atoms with Gasteiger partial charge < -0.3 is 14.9 Å². The lowest BCUT2D eigenvalue weighted by molar-refractivity contribution is -0.192. The van der Waals surface area contributed by atoms with E-state index in [0.29, 0.717) is 13.1 Å². The second-order valence-electron chi connectivity index (χ2n) is 9.28. The van der Waals surface area contributed by atoms with Crippen LogP contribution in [0.1, 0.15) is 31.2 Å². The molecule has 3 fully saturated rings. The Morgan fingerprint density at radius 3 is 2.29 bits per heavy atom. The molecule has 12 heteroatoms. The number of carboxylic acid groups (broad SMARTS) is 1. The fourth-order valence-corrected chi connectivity index (χ4v) is 6.28. The molecule has 0 bridgehead atoms. The smallest absolute Gasteiger partial charge is 0.475 e. The van der Waals surface area contributed by atoms with E-state index >= 15 is 0 Å². The van der Waals surface area contributed by atoms with E-state index in [9.17, 15) is 26.7 Å². The lowest BCUT2D eigenvalue weighted by Crippen LogP contribution is -2.44. The Labute approximate surface area is 197 Å². The fraction of sp³-hybridized carbons (Fsp3) is 0.682. The van der Waals surface area contributed by atoms with E-state index in [1.807, 2.05) is 30.3 Å². The Hall–Kier alpha value is -1.73. The van der Waals surface area contributed by atoms with Crippen molar-refractivity contribution in [3.8, 4) is 0 Å². The Morgan fingerprint density at radius 2 is 1.76 bits per heavy atom. The number of β-amino-alcohol motifs (C(OH)–C–C–N with tert-alkyl or cyclic N) is 1. The Kier molecular flexibility index (Phi) is 8.61. The zero-order chi connectivity index (χ0) is 25.0. The van der Waals surface area contributed by atoms with E-state index in [4.69, 9.17) is 14.6 Å². The van der Waals surface area contributed by atoms with Crippen LogP contribution in [0.4, 0.5) is 13.2 Å². The SMILES string of the molecule is O=C(O)C(F)(F)F.O=S(=O)(Cc1ccccc1)N1CCC2(CC1)COC(CN1CCC(O)C1)C2. The number of piperidine rings is 1. The maximum Gasteiger partial charge on any atom is 0.490 e. The third kappa shape index (κ3) is 7.38. The second-order valence-corrected chi connectivity index (χ2v) is 11.3. The average Bonchev–Trinajstić information content (AvgIpc) is 3.34. The van der Waals surface area contributed by atoms with Crippen LogP contribution in [-0.4, -0.2) is 91.5 Å². The minimum atomic E-state index is -5.08. The van der Waals surface area contributed by atoms with Gasteiger partial charge in [0.1, 0.15) is 0 Å². The molecular weight excluding hydrogens is 477 g/mol. The molecule has 3 aliphatic heterocycles. The molecule has 192 valence electrons. The predicted octanol–water partition coefficient (Wildman–Crippen LogP) is 2.09. The highest BCUT2D eigenvalue weighted by atomic mass is 32.2. The number of rotatable bonds is 5. The van der Waals surface area contributed by atoms with E-state index in [0.717, 1.165) is 57.5 Å². The number of nitrogens with zero attached hydrogens (tertiary/aromatic N) is 2. The van der Waals surface area contributed by atoms with Crippen LogP contribution >= 0.6 is 0 Å². The molecule has 4 rings (SSSR count). The number of hydrogen-bond donors (Lipinski definition) is 2. The highest BCUT2D eigenvalue weighted by Crippen LogP contribution is 2.43. The van der Waals surface area contributed by atoms with Gasteiger partial charge >= 0.3 is 12.1 Å². The summed E-state index contributed by atoms with van der Waals surface area (Å²) >= 11 is 0. The van der Waals surface area contributed by atoms with Gasteiger partial charge in [0.25, 0.3) is 0 Å². The van der Waals surface area contributed by atoms with Gasteiger partial charge in [0.05, 0.1) is 24.6 Å². The summed E-state index contributed by atoms with van der Waals surface area (Å²) in [6.45, 7) is 4.49. The minimum Gasteiger partial charge on any atom is -0.475 e. The number of sulfonamides is 1. The first-order valence-corrected chi connectivity index (χ1v) is 12.8. The monoisotopic (exact) mass is 508 g/mol. The molecule has 0 aromatic heterocycles. The van der Waals surface area contributed by atoms with Gasteiger partial charge in [0, 0.05) is 32.7 Å². The van der Waals surface area contributed by atoms with Crippen molar-refractivity contribution in [2.45, 2.75) is 49.8 Å². The first-order valence-electron chi connectivity index (χ1n) is 11.2. The first kappa shape index (κ1) is 26.9. The van der Waals surface area contributed by atoms with Gasteiger partial charge in [-0.25, -0.2) is 17.5 Å². The van der Waals surface area contributed by atoms with Gasteiger partial charge in [-0.15, -0.1) is 0 Å². The number of halogens is 3. The van der Waals surface area contributed by atoms with Crippen molar-refractivity contribution in [1.82, 2.24) is 9.21 Å². The van der Waals surface area contributed by atoms with Gasteiger partial charge in [-0.1, -0.05) is 30.3 Å². The van der Waals surface area contributed by atoms with Gasteiger partial charge in [0.15, 0.2) is 0 Å². The van der Waals surface area contributed by atoms with Crippen molar-refractivity contribution < 1.29 is 41.3 Å². The quantitative estimate of drug-likeness (QED) is 0.627. The lowest BCUT2D eigenvalue weighted by atomic mass is 9.77. The Morgan fingerprint density at radius 1 is 1.15 bits per heavy atom. The molecule has 3 heterocycles. The molecule has 2 unspecified atom stereocenters. The molecule has 3 saturated heterocycles. The summed E-state index contributed by atoms with van der Waals surface area (Å²) in [7, 11) is -3.26. The number of carbonyl (C=O) groups is 1. The average molecular weight is 509 g/mol. The molecule has 0 radical (unpaired) electrons. The van der Waals surface area contributed by atoms with Crippen molar-refractivity contribution in [1.29, 1.82) is 0 Å². The molecule has 0 saturated carbocycles. The maximum absolute atomic E-state index is 12.7. The highest BCUT2D eigenvalue weighted by Gasteiger charge is 2.44. The van der Waals surface area contributed by atoms with Crippen LogP contribution in [0.5, 0.6) is 0 Å². The summed E-state index contributed by atoms with van der Waals surface area (Å²) in [4.78, 5) is 11.2. The normalized spacial score (nSPS) is 25.8. The number of likely N-dealkylation sites (tertiary alicyclic amines) is 1. The topological polar surface area (TPSA) is 107 Å². The van der Waals surface area contributed by atoms with Crippen molar-refractivity contribution in [3.63, 3.8) is 0 Å². The van der Waals surface area contributed by atoms with Gasteiger partial charge in [0.2, 0.25) is 10.0 Å². The van der Waals surface area contributed by atoms with Crippen molar-refractivity contribution in [3.05, 3.63) is 35.9 Å². The van der Waals surface area contributed by atoms with Crippen LogP contribution in [0.2, 0.25) is 0 Å². The van der Waals surface area contributed by atoms with Crippen LogP contribution in [0.3, 0.4) is 0 Å². The van der Waals surface area contributed by atoms with E-state index in [1.54, 1.807) is 4.31 Å². The third-order valence-electron chi connectivity index (χ3n) is 6.61. The molecule has 34 heavy (non-hydrogen) atoms. The zero-order valence-corrected chi connectivity index (χ0v) is 19.6. The molecular formula is C22H31F3N2O6S. The van der Waals surface area contributed by atoms with Crippen molar-refractivity contribution >= 4 is 16.0 Å². The standard InChI is InChI=1S/C20H30N2O4S.C2HF3O2/c23-18-6-9-21(13-18)14-19-12-20(16-26-19)7-10-22(11-8-20)27(24,25)15-17-4-2-1-3-5-17;3-2(4,5)1(6)7/h1-5,18-19,23H,6-16H2;(H,6,7). The summed E-state index contributed by atoms with van der Waals surface area (Å²) < 4.78 is 65.0. The van der Waals surface area contributed by atoms with Gasteiger partial charge in [-0.3, -0.25) is 4.90 Å².